The van der Waals surface area contributed by atoms with Crippen LogP contribution in [0.1, 0.15) is 24.4 Å². The second-order valence-electron chi connectivity index (χ2n) is 3.32. The normalized spacial score (nSPS) is 16.4. The number of hydrogen-bond acceptors (Lipinski definition) is 2. The molecule has 0 unspecified atom stereocenters. The number of aromatic hydroxyl groups is 1. The van der Waals surface area contributed by atoms with Gasteiger partial charge in [0.1, 0.15) is 5.75 Å². The van der Waals surface area contributed by atoms with Crippen LogP contribution in [0.25, 0.3) is 0 Å². The van der Waals surface area contributed by atoms with Gasteiger partial charge in [0.2, 0.25) is 0 Å². The van der Waals surface area contributed by atoms with E-state index in [1.165, 1.54) is 12.3 Å². The van der Waals surface area contributed by atoms with Crippen LogP contribution >= 0.6 is 0 Å². The fourth-order valence-electron chi connectivity index (χ4n) is 1.35. The van der Waals surface area contributed by atoms with Crippen LogP contribution in [0.4, 0.5) is 0 Å². The zero-order valence-electron chi connectivity index (χ0n) is 6.95. The van der Waals surface area contributed by atoms with Gasteiger partial charge in [0.15, 0.2) is 0 Å². The molecule has 1 heterocycles. The lowest BCUT2D eigenvalue weighted by atomic mass is 10.3. The molecule has 0 aliphatic heterocycles. The topological polar surface area (TPSA) is 42.2 Å². The number of aromatic nitrogens is 1. The number of nitrogens with zero attached hydrogens (tertiary/aromatic N) is 1. The van der Waals surface area contributed by atoms with Crippen molar-refractivity contribution in [3.63, 3.8) is 0 Å². The second-order valence-corrected chi connectivity index (χ2v) is 3.32. The lowest BCUT2D eigenvalue weighted by molar-refractivity contribution is 0.463. The second kappa shape index (κ2) is 2.37. The highest BCUT2D eigenvalue weighted by atomic mass is 16.3. The zero-order chi connectivity index (χ0) is 8.72. The SMILES string of the molecule is Cc1cc(O)cn(C2CC2)c1=O. The highest BCUT2D eigenvalue weighted by molar-refractivity contribution is 5.22. The fraction of sp³-hybridized carbons (Fsp3) is 0.444. The molecule has 0 radical (unpaired) electrons. The first-order valence-electron chi connectivity index (χ1n) is 4.10. The first-order valence-corrected chi connectivity index (χ1v) is 4.10. The largest absolute Gasteiger partial charge is 0.506 e. The molecule has 1 aliphatic rings. The molecule has 0 atom stereocenters. The van der Waals surface area contributed by atoms with E-state index in [-0.39, 0.29) is 11.3 Å². The number of pyridine rings is 1. The van der Waals surface area contributed by atoms with Gasteiger partial charge in [-0.3, -0.25) is 4.79 Å². The van der Waals surface area contributed by atoms with E-state index in [4.69, 9.17) is 0 Å². The van der Waals surface area contributed by atoms with E-state index in [1.54, 1.807) is 11.5 Å². The molecule has 0 bridgehead atoms. The van der Waals surface area contributed by atoms with Crippen LogP contribution in [0.15, 0.2) is 17.1 Å². The van der Waals surface area contributed by atoms with Gasteiger partial charge in [0.05, 0.1) is 0 Å². The summed E-state index contributed by atoms with van der Waals surface area (Å²) in [6.45, 7) is 1.72. The molecule has 3 nitrogen and oxygen atoms in total. The molecule has 1 aromatic heterocycles. The molecule has 64 valence electrons. The van der Waals surface area contributed by atoms with Gasteiger partial charge in [-0.05, 0) is 25.8 Å². The van der Waals surface area contributed by atoms with Crippen molar-refractivity contribution >= 4 is 0 Å². The Balaban J connectivity index is 2.58. The molecule has 1 fully saturated rings. The van der Waals surface area contributed by atoms with Gasteiger partial charge in [-0.25, -0.2) is 0 Å². The van der Waals surface area contributed by atoms with Gasteiger partial charge in [0, 0.05) is 17.8 Å². The standard InChI is InChI=1S/C9H11NO2/c1-6-4-8(11)5-10(9(6)12)7-2-3-7/h4-5,7,11H,2-3H2,1H3. The van der Waals surface area contributed by atoms with Gasteiger partial charge in [0.25, 0.3) is 5.56 Å². The van der Waals surface area contributed by atoms with Crippen molar-refractivity contribution in [3.05, 3.63) is 28.2 Å². The van der Waals surface area contributed by atoms with Gasteiger partial charge in [-0.2, -0.15) is 0 Å². The summed E-state index contributed by atoms with van der Waals surface area (Å²) in [4.78, 5) is 11.5. The van der Waals surface area contributed by atoms with E-state index < -0.39 is 0 Å². The van der Waals surface area contributed by atoms with Crippen molar-refractivity contribution in [2.45, 2.75) is 25.8 Å². The van der Waals surface area contributed by atoms with Crippen molar-refractivity contribution in [1.82, 2.24) is 4.57 Å². The summed E-state index contributed by atoms with van der Waals surface area (Å²) >= 11 is 0. The molecule has 0 amide bonds. The van der Waals surface area contributed by atoms with E-state index >= 15 is 0 Å². The summed E-state index contributed by atoms with van der Waals surface area (Å²) in [5.41, 5.74) is 0.636. The minimum atomic E-state index is 0.0234. The molecule has 1 aromatic rings. The van der Waals surface area contributed by atoms with Crippen LogP contribution in [0.5, 0.6) is 5.75 Å². The molecule has 12 heavy (non-hydrogen) atoms. The third kappa shape index (κ3) is 1.11. The third-order valence-electron chi connectivity index (χ3n) is 2.15. The molecule has 1 N–H and O–H groups in total. The van der Waals surface area contributed by atoms with Crippen molar-refractivity contribution in [2.75, 3.05) is 0 Å². The zero-order valence-corrected chi connectivity index (χ0v) is 6.95. The molecule has 0 aromatic carbocycles. The molecule has 3 heteroatoms. The Morgan fingerprint density at radius 2 is 2.25 bits per heavy atom. The van der Waals surface area contributed by atoms with Crippen LogP contribution in [0, 0.1) is 6.92 Å². The molecule has 1 aliphatic carbocycles. The summed E-state index contributed by atoms with van der Waals surface area (Å²) in [7, 11) is 0. The van der Waals surface area contributed by atoms with E-state index in [0.29, 0.717) is 11.6 Å². The fourth-order valence-corrected chi connectivity index (χ4v) is 1.35. The molecule has 1 saturated carbocycles. The van der Waals surface area contributed by atoms with Crippen molar-refractivity contribution in [2.24, 2.45) is 0 Å². The summed E-state index contributed by atoms with van der Waals surface area (Å²) < 4.78 is 1.63. The van der Waals surface area contributed by atoms with Gasteiger partial charge in [-0.1, -0.05) is 0 Å². The lowest BCUT2D eigenvalue weighted by Gasteiger charge is -2.04. The molecule has 0 saturated heterocycles. The van der Waals surface area contributed by atoms with E-state index in [0.717, 1.165) is 12.8 Å². The van der Waals surface area contributed by atoms with Crippen LogP contribution in [-0.2, 0) is 0 Å². The minimum absolute atomic E-state index is 0.0234. The minimum Gasteiger partial charge on any atom is -0.506 e. The van der Waals surface area contributed by atoms with Crippen molar-refractivity contribution in [3.8, 4) is 5.75 Å². The average molecular weight is 165 g/mol. The molecular formula is C9H11NO2. The number of rotatable bonds is 1. The highest BCUT2D eigenvalue weighted by Crippen LogP contribution is 2.34. The molecular weight excluding hydrogens is 154 g/mol. The van der Waals surface area contributed by atoms with E-state index in [1.807, 2.05) is 0 Å². The lowest BCUT2D eigenvalue weighted by Crippen LogP contribution is -2.20. The summed E-state index contributed by atoms with van der Waals surface area (Å²) in [6.07, 6.45) is 3.64. The van der Waals surface area contributed by atoms with Crippen molar-refractivity contribution < 1.29 is 5.11 Å². The molecule has 2 rings (SSSR count). The van der Waals surface area contributed by atoms with Gasteiger partial charge < -0.3 is 9.67 Å². The predicted molar refractivity (Wildman–Crippen MR) is 45.4 cm³/mol. The van der Waals surface area contributed by atoms with E-state index in [2.05, 4.69) is 0 Å². The summed E-state index contributed by atoms with van der Waals surface area (Å²) in [5, 5.41) is 9.24. The average Bonchev–Trinajstić information content (AvgIpc) is 2.79. The Morgan fingerprint density at radius 3 is 2.83 bits per heavy atom. The van der Waals surface area contributed by atoms with E-state index in [9.17, 15) is 9.90 Å². The summed E-state index contributed by atoms with van der Waals surface area (Å²) in [5.74, 6) is 0.180. The first-order chi connectivity index (χ1) is 5.68. The maximum atomic E-state index is 11.5. The number of hydrogen-bond donors (Lipinski definition) is 1. The summed E-state index contributed by atoms with van der Waals surface area (Å²) in [6, 6.07) is 1.84. The first kappa shape index (κ1) is 7.40. The Kier molecular flexibility index (Phi) is 1.46. The molecule has 0 spiro atoms. The maximum Gasteiger partial charge on any atom is 0.253 e. The maximum absolute atomic E-state index is 11.5. The van der Waals surface area contributed by atoms with Crippen LogP contribution < -0.4 is 5.56 Å². The Bertz CT molecular complexity index is 363. The highest BCUT2D eigenvalue weighted by Gasteiger charge is 2.24. The third-order valence-corrected chi connectivity index (χ3v) is 2.15. The van der Waals surface area contributed by atoms with Crippen LogP contribution in [-0.4, -0.2) is 9.67 Å². The van der Waals surface area contributed by atoms with Crippen molar-refractivity contribution in [1.29, 1.82) is 0 Å². The Labute approximate surface area is 70.3 Å². The monoisotopic (exact) mass is 165 g/mol. The van der Waals surface area contributed by atoms with Gasteiger partial charge >= 0.3 is 0 Å². The van der Waals surface area contributed by atoms with Gasteiger partial charge in [-0.15, -0.1) is 0 Å². The number of aryl methyl sites for hydroxylation is 1. The predicted octanol–water partition coefficient (Wildman–Crippen LogP) is 1.20. The van der Waals surface area contributed by atoms with Crippen LogP contribution in [0.2, 0.25) is 0 Å². The smallest absolute Gasteiger partial charge is 0.253 e. The Hall–Kier alpha value is -1.25. The Morgan fingerprint density at radius 1 is 1.58 bits per heavy atom. The quantitative estimate of drug-likeness (QED) is 0.679. The van der Waals surface area contributed by atoms with Crippen LogP contribution in [0.3, 0.4) is 0 Å².